The van der Waals surface area contributed by atoms with E-state index in [1.807, 2.05) is 30.3 Å². The van der Waals surface area contributed by atoms with Crippen molar-refractivity contribution in [3.63, 3.8) is 0 Å². The van der Waals surface area contributed by atoms with E-state index >= 15 is 0 Å². The Bertz CT molecular complexity index is 547. The van der Waals surface area contributed by atoms with Crippen LogP contribution in [0.4, 0.5) is 4.39 Å². The van der Waals surface area contributed by atoms with Crippen LogP contribution < -0.4 is 0 Å². The molecule has 0 aliphatic carbocycles. The van der Waals surface area contributed by atoms with Gasteiger partial charge in [0, 0.05) is 21.5 Å². The third-order valence-electron chi connectivity index (χ3n) is 2.65. The van der Waals surface area contributed by atoms with E-state index in [4.69, 9.17) is 0 Å². The van der Waals surface area contributed by atoms with Crippen LogP contribution in [0.5, 0.6) is 0 Å². The second-order valence-electron chi connectivity index (χ2n) is 4.22. The minimum Gasteiger partial charge on any atom is -0.392 e. The first-order chi connectivity index (χ1) is 9.15. The molecule has 100 valence electrons. The van der Waals surface area contributed by atoms with Crippen molar-refractivity contribution in [1.82, 2.24) is 0 Å². The zero-order valence-corrected chi connectivity index (χ0v) is 12.6. The molecule has 0 bridgehead atoms. The maximum Gasteiger partial charge on any atom is 0.124 e. The van der Waals surface area contributed by atoms with Crippen molar-refractivity contribution in [3.05, 3.63) is 64.4 Å². The molecule has 0 fully saturated rings. The molecule has 4 heteroatoms. The fourth-order valence-corrected chi connectivity index (χ4v) is 3.05. The summed E-state index contributed by atoms with van der Waals surface area (Å²) >= 11 is 4.93. The highest BCUT2D eigenvalue weighted by Crippen LogP contribution is 2.22. The van der Waals surface area contributed by atoms with Crippen molar-refractivity contribution in [2.75, 3.05) is 5.75 Å². The van der Waals surface area contributed by atoms with Crippen molar-refractivity contribution >= 4 is 27.7 Å². The van der Waals surface area contributed by atoms with Gasteiger partial charge in [-0.3, -0.25) is 0 Å². The lowest BCUT2D eigenvalue weighted by atomic mass is 10.1. The zero-order valence-electron chi connectivity index (χ0n) is 10.2. The van der Waals surface area contributed by atoms with E-state index in [1.54, 1.807) is 6.07 Å². The molecule has 1 unspecified atom stereocenters. The highest BCUT2D eigenvalue weighted by molar-refractivity contribution is 9.10. The number of rotatable bonds is 5. The third kappa shape index (κ3) is 4.64. The summed E-state index contributed by atoms with van der Waals surface area (Å²) in [5, 5.41) is 10.0. The van der Waals surface area contributed by atoms with Crippen molar-refractivity contribution in [3.8, 4) is 0 Å². The first kappa shape index (κ1) is 14.6. The van der Waals surface area contributed by atoms with Gasteiger partial charge in [0.2, 0.25) is 0 Å². The second kappa shape index (κ2) is 7.08. The fourth-order valence-electron chi connectivity index (χ4n) is 1.73. The number of hydrogen-bond donors (Lipinski definition) is 1. The smallest absolute Gasteiger partial charge is 0.124 e. The number of aliphatic hydroxyl groups excluding tert-OH is 1. The number of hydrogen-bond acceptors (Lipinski definition) is 2. The Morgan fingerprint density at radius 3 is 2.68 bits per heavy atom. The summed E-state index contributed by atoms with van der Waals surface area (Å²) < 4.78 is 14.0. The predicted octanol–water partition coefficient (Wildman–Crippen LogP) is 4.28. The van der Waals surface area contributed by atoms with Gasteiger partial charge in [-0.25, -0.2) is 4.39 Å². The van der Waals surface area contributed by atoms with Crippen LogP contribution in [0.25, 0.3) is 0 Å². The summed E-state index contributed by atoms with van der Waals surface area (Å²) in [6, 6.07) is 14.3. The summed E-state index contributed by atoms with van der Waals surface area (Å²) in [6.07, 6.45) is 0.135. The molecule has 0 radical (unpaired) electrons. The molecule has 0 saturated carbocycles. The fraction of sp³-hybridized carbons (Fsp3) is 0.200. The lowest BCUT2D eigenvalue weighted by molar-refractivity contribution is 0.200. The highest BCUT2D eigenvalue weighted by atomic mass is 79.9. The van der Waals surface area contributed by atoms with Gasteiger partial charge in [0.25, 0.3) is 0 Å². The Morgan fingerprint density at radius 1 is 1.16 bits per heavy atom. The molecular formula is C15H14BrFOS. The van der Waals surface area contributed by atoms with Crippen LogP contribution in [-0.4, -0.2) is 17.0 Å². The lowest BCUT2D eigenvalue weighted by Crippen LogP contribution is -2.13. The van der Waals surface area contributed by atoms with Gasteiger partial charge >= 0.3 is 0 Å². The topological polar surface area (TPSA) is 20.2 Å². The van der Waals surface area contributed by atoms with Crippen LogP contribution >= 0.6 is 27.7 Å². The first-order valence-corrected chi connectivity index (χ1v) is 7.73. The van der Waals surface area contributed by atoms with E-state index in [1.165, 1.54) is 23.9 Å². The van der Waals surface area contributed by atoms with Gasteiger partial charge in [0.05, 0.1) is 6.10 Å². The SMILES string of the molecule is OC(CSc1cccc(F)c1)Cc1ccccc1Br. The molecule has 1 nitrogen and oxygen atoms in total. The Hall–Kier alpha value is -0.840. The van der Waals surface area contributed by atoms with Crippen molar-refractivity contribution in [1.29, 1.82) is 0 Å². The quantitative estimate of drug-likeness (QED) is 0.819. The normalized spacial score (nSPS) is 12.4. The van der Waals surface area contributed by atoms with Gasteiger partial charge in [-0.05, 0) is 29.8 Å². The summed E-state index contributed by atoms with van der Waals surface area (Å²) in [6.45, 7) is 0. The van der Waals surface area contributed by atoms with Crippen LogP contribution in [0.15, 0.2) is 57.9 Å². The van der Waals surface area contributed by atoms with Gasteiger partial charge < -0.3 is 5.11 Å². The molecule has 0 spiro atoms. The van der Waals surface area contributed by atoms with Gasteiger partial charge in [0.1, 0.15) is 5.82 Å². The van der Waals surface area contributed by atoms with E-state index in [9.17, 15) is 9.50 Å². The first-order valence-electron chi connectivity index (χ1n) is 5.95. The largest absolute Gasteiger partial charge is 0.392 e. The van der Waals surface area contributed by atoms with Gasteiger partial charge in [-0.1, -0.05) is 40.2 Å². The van der Waals surface area contributed by atoms with Crippen molar-refractivity contribution in [2.24, 2.45) is 0 Å². The second-order valence-corrected chi connectivity index (χ2v) is 6.17. The molecule has 0 saturated heterocycles. The van der Waals surface area contributed by atoms with Crippen molar-refractivity contribution < 1.29 is 9.50 Å². The molecule has 0 aromatic heterocycles. The highest BCUT2D eigenvalue weighted by Gasteiger charge is 2.09. The summed E-state index contributed by atoms with van der Waals surface area (Å²) in [5.74, 6) is 0.301. The molecule has 2 aromatic rings. The molecule has 1 atom stereocenters. The average molecular weight is 341 g/mol. The molecular weight excluding hydrogens is 327 g/mol. The van der Waals surface area contributed by atoms with Crippen LogP contribution in [0.2, 0.25) is 0 Å². The van der Waals surface area contributed by atoms with Gasteiger partial charge in [-0.15, -0.1) is 11.8 Å². The van der Waals surface area contributed by atoms with Crippen LogP contribution in [0.1, 0.15) is 5.56 Å². The lowest BCUT2D eigenvalue weighted by Gasteiger charge is -2.11. The summed E-state index contributed by atoms with van der Waals surface area (Å²) in [5.41, 5.74) is 1.08. The predicted molar refractivity (Wildman–Crippen MR) is 81.0 cm³/mol. The van der Waals surface area contributed by atoms with E-state index in [-0.39, 0.29) is 5.82 Å². The number of thioether (sulfide) groups is 1. The Labute approximate surface area is 125 Å². The summed E-state index contributed by atoms with van der Waals surface area (Å²) in [4.78, 5) is 0.839. The summed E-state index contributed by atoms with van der Waals surface area (Å²) in [7, 11) is 0. The molecule has 2 aromatic carbocycles. The molecule has 0 heterocycles. The van der Waals surface area contributed by atoms with Crippen molar-refractivity contribution in [2.45, 2.75) is 17.4 Å². The Morgan fingerprint density at radius 2 is 1.95 bits per heavy atom. The standard InChI is InChI=1S/C15H14BrFOS/c16-15-7-2-1-4-11(15)8-13(18)10-19-14-6-3-5-12(17)9-14/h1-7,9,13,18H,8,10H2. The molecule has 2 rings (SSSR count). The molecule has 1 N–H and O–H groups in total. The number of benzene rings is 2. The van der Waals surface area contributed by atoms with Gasteiger partial charge in [-0.2, -0.15) is 0 Å². The maximum atomic E-state index is 13.0. The monoisotopic (exact) mass is 340 g/mol. The minimum absolute atomic E-state index is 0.245. The van der Waals surface area contributed by atoms with Crippen LogP contribution in [0.3, 0.4) is 0 Å². The molecule has 19 heavy (non-hydrogen) atoms. The average Bonchev–Trinajstić information content (AvgIpc) is 2.39. The van der Waals surface area contributed by atoms with E-state index in [0.29, 0.717) is 12.2 Å². The maximum absolute atomic E-state index is 13.0. The molecule has 0 amide bonds. The van der Waals surface area contributed by atoms with Crippen LogP contribution in [0, 0.1) is 5.82 Å². The number of halogens is 2. The van der Waals surface area contributed by atoms with Crippen LogP contribution in [-0.2, 0) is 6.42 Å². The van der Waals surface area contributed by atoms with E-state index < -0.39 is 6.10 Å². The van der Waals surface area contributed by atoms with E-state index in [0.717, 1.165) is 14.9 Å². The third-order valence-corrected chi connectivity index (χ3v) is 4.56. The minimum atomic E-state index is -0.452. The Kier molecular flexibility index (Phi) is 5.43. The van der Waals surface area contributed by atoms with Gasteiger partial charge in [0.15, 0.2) is 0 Å². The number of aliphatic hydroxyl groups is 1. The Balaban J connectivity index is 1.88. The zero-order chi connectivity index (χ0) is 13.7. The molecule has 0 aliphatic rings. The molecule has 0 aliphatic heterocycles. The van der Waals surface area contributed by atoms with E-state index in [2.05, 4.69) is 15.9 Å².